The van der Waals surface area contributed by atoms with Gasteiger partial charge in [-0.25, -0.2) is 0 Å². The smallest absolute Gasteiger partial charge is 0.254 e. The van der Waals surface area contributed by atoms with Crippen molar-refractivity contribution in [3.8, 4) is 0 Å². The van der Waals surface area contributed by atoms with Crippen molar-refractivity contribution in [2.75, 3.05) is 5.32 Å². The first-order valence-electron chi connectivity index (χ1n) is 11.1. The summed E-state index contributed by atoms with van der Waals surface area (Å²) in [6, 6.07) is 7.84. The molecule has 0 bridgehead atoms. The molecule has 3 heterocycles. The number of rotatable bonds is 6. The third-order valence-corrected chi connectivity index (χ3v) is 7.23. The van der Waals surface area contributed by atoms with Crippen molar-refractivity contribution in [1.29, 1.82) is 0 Å². The molecule has 1 aliphatic rings. The first kappa shape index (κ1) is 21.4. The summed E-state index contributed by atoms with van der Waals surface area (Å²) in [7, 11) is 0. The molecular weight excluding hydrogens is 434 g/mol. The molecule has 0 aliphatic heterocycles. The number of aryl methyl sites for hydroxylation is 3. The number of nitrogens with one attached hydrogen (secondary N) is 2. The molecule has 0 unspecified atom stereocenters. The Kier molecular flexibility index (Phi) is 5.72. The summed E-state index contributed by atoms with van der Waals surface area (Å²) >= 11 is 1.52. The van der Waals surface area contributed by atoms with E-state index in [2.05, 4.69) is 21.7 Å². The van der Waals surface area contributed by atoms with E-state index in [-0.39, 0.29) is 18.2 Å². The van der Waals surface area contributed by atoms with Crippen LogP contribution in [0.3, 0.4) is 0 Å². The molecule has 2 amide bonds. The predicted molar refractivity (Wildman–Crippen MR) is 130 cm³/mol. The molecule has 0 fully saturated rings. The third kappa shape index (κ3) is 4.28. The largest absolute Gasteiger partial charge is 0.464 e. The Morgan fingerprint density at radius 3 is 2.91 bits per heavy atom. The SMILES string of the molecule is Cc1cc(C)c2c(CC(=O)Nc3sc4c(c3C(=O)NCc3cccnc3)CCC4)coc2c1. The second-order valence-electron chi connectivity index (χ2n) is 8.55. The van der Waals surface area contributed by atoms with Gasteiger partial charge in [-0.1, -0.05) is 12.1 Å². The number of anilines is 1. The summed E-state index contributed by atoms with van der Waals surface area (Å²) in [6.07, 6.45) is 8.14. The molecule has 0 saturated heterocycles. The summed E-state index contributed by atoms with van der Waals surface area (Å²) in [5, 5.41) is 7.62. The molecule has 4 aromatic rings. The van der Waals surface area contributed by atoms with E-state index in [4.69, 9.17) is 4.42 Å². The third-order valence-electron chi connectivity index (χ3n) is 6.02. The molecule has 6 nitrogen and oxygen atoms in total. The van der Waals surface area contributed by atoms with E-state index in [1.165, 1.54) is 16.2 Å². The highest BCUT2D eigenvalue weighted by Crippen LogP contribution is 2.39. The van der Waals surface area contributed by atoms with Crippen LogP contribution in [0.5, 0.6) is 0 Å². The zero-order chi connectivity index (χ0) is 22.9. The van der Waals surface area contributed by atoms with Crippen molar-refractivity contribution in [3.05, 3.63) is 81.2 Å². The van der Waals surface area contributed by atoms with Crippen LogP contribution in [-0.2, 0) is 30.6 Å². The number of thiophene rings is 1. The van der Waals surface area contributed by atoms with E-state index in [9.17, 15) is 9.59 Å². The molecule has 5 rings (SSSR count). The van der Waals surface area contributed by atoms with E-state index < -0.39 is 0 Å². The van der Waals surface area contributed by atoms with Crippen molar-refractivity contribution >= 4 is 39.1 Å². The number of carbonyl (C=O) groups excluding carboxylic acids is 2. The van der Waals surface area contributed by atoms with Gasteiger partial charge in [-0.15, -0.1) is 11.3 Å². The minimum atomic E-state index is -0.159. The molecule has 1 aromatic carbocycles. The topological polar surface area (TPSA) is 84.2 Å². The van der Waals surface area contributed by atoms with E-state index >= 15 is 0 Å². The molecular formula is C26H25N3O3S. The number of furan rings is 1. The Morgan fingerprint density at radius 2 is 2.09 bits per heavy atom. The van der Waals surface area contributed by atoms with Gasteiger partial charge in [-0.2, -0.15) is 0 Å². The normalized spacial score (nSPS) is 12.7. The molecule has 1 aliphatic carbocycles. The lowest BCUT2D eigenvalue weighted by atomic mass is 10.0. The number of benzene rings is 1. The zero-order valence-corrected chi connectivity index (χ0v) is 19.5. The zero-order valence-electron chi connectivity index (χ0n) is 18.7. The van der Waals surface area contributed by atoms with Crippen LogP contribution in [0.2, 0.25) is 0 Å². The number of hydrogen-bond acceptors (Lipinski definition) is 5. The van der Waals surface area contributed by atoms with Crippen LogP contribution in [0.4, 0.5) is 5.00 Å². The molecule has 0 spiro atoms. The Balaban J connectivity index is 1.35. The predicted octanol–water partition coefficient (Wildman–Crippen LogP) is 5.11. The first-order valence-corrected chi connectivity index (χ1v) is 11.9. The maximum Gasteiger partial charge on any atom is 0.254 e. The second kappa shape index (κ2) is 8.83. The number of nitrogens with zero attached hydrogens (tertiary/aromatic N) is 1. The van der Waals surface area contributed by atoms with Crippen molar-refractivity contribution in [2.24, 2.45) is 0 Å². The van der Waals surface area contributed by atoms with E-state index in [0.29, 0.717) is 17.1 Å². The molecule has 0 saturated carbocycles. The minimum absolute atomic E-state index is 0.154. The fourth-order valence-corrected chi connectivity index (χ4v) is 5.91. The lowest BCUT2D eigenvalue weighted by Crippen LogP contribution is -2.25. The Bertz CT molecular complexity index is 1350. The van der Waals surface area contributed by atoms with Crippen LogP contribution in [0.1, 0.15) is 49.5 Å². The van der Waals surface area contributed by atoms with Crippen molar-refractivity contribution in [3.63, 3.8) is 0 Å². The minimum Gasteiger partial charge on any atom is -0.464 e. The summed E-state index contributed by atoms with van der Waals surface area (Å²) in [5.41, 5.74) is 6.47. The lowest BCUT2D eigenvalue weighted by Gasteiger charge is -2.10. The van der Waals surface area contributed by atoms with Gasteiger partial charge in [0, 0.05) is 34.8 Å². The van der Waals surface area contributed by atoms with E-state index in [1.54, 1.807) is 18.7 Å². The molecule has 168 valence electrons. The number of hydrogen-bond donors (Lipinski definition) is 2. The molecule has 0 radical (unpaired) electrons. The van der Waals surface area contributed by atoms with Gasteiger partial charge in [0.1, 0.15) is 10.6 Å². The maximum absolute atomic E-state index is 13.1. The number of amides is 2. The lowest BCUT2D eigenvalue weighted by molar-refractivity contribution is -0.115. The van der Waals surface area contributed by atoms with Crippen LogP contribution in [0, 0.1) is 13.8 Å². The second-order valence-corrected chi connectivity index (χ2v) is 9.65. The summed E-state index contributed by atoms with van der Waals surface area (Å²) < 4.78 is 5.70. The van der Waals surface area contributed by atoms with Gasteiger partial charge in [-0.3, -0.25) is 14.6 Å². The Hall–Kier alpha value is -3.45. The van der Waals surface area contributed by atoms with E-state index in [1.807, 2.05) is 32.0 Å². The van der Waals surface area contributed by atoms with Crippen molar-refractivity contribution < 1.29 is 14.0 Å². The average Bonchev–Trinajstić information content (AvgIpc) is 3.47. The molecule has 33 heavy (non-hydrogen) atoms. The summed E-state index contributed by atoms with van der Waals surface area (Å²) in [4.78, 5) is 31.4. The van der Waals surface area contributed by atoms with Gasteiger partial charge in [0.2, 0.25) is 5.91 Å². The van der Waals surface area contributed by atoms with Gasteiger partial charge >= 0.3 is 0 Å². The van der Waals surface area contributed by atoms with Gasteiger partial charge in [0.05, 0.1) is 18.2 Å². The van der Waals surface area contributed by atoms with Crippen LogP contribution in [0.15, 0.2) is 47.3 Å². The number of aromatic nitrogens is 1. The fraction of sp³-hybridized carbons (Fsp3) is 0.269. The molecule has 2 N–H and O–H groups in total. The fourth-order valence-electron chi connectivity index (χ4n) is 4.61. The van der Waals surface area contributed by atoms with Gasteiger partial charge in [0.15, 0.2) is 0 Å². The van der Waals surface area contributed by atoms with Crippen LogP contribution in [-0.4, -0.2) is 16.8 Å². The highest BCUT2D eigenvalue weighted by Gasteiger charge is 2.27. The van der Waals surface area contributed by atoms with Gasteiger partial charge in [0.25, 0.3) is 5.91 Å². The van der Waals surface area contributed by atoms with Gasteiger partial charge in [-0.05, 0) is 67.5 Å². The number of pyridine rings is 1. The molecule has 3 aromatic heterocycles. The first-order chi connectivity index (χ1) is 16.0. The van der Waals surface area contributed by atoms with Crippen molar-refractivity contribution in [2.45, 2.75) is 46.1 Å². The monoisotopic (exact) mass is 459 g/mol. The van der Waals surface area contributed by atoms with E-state index in [0.717, 1.165) is 58.0 Å². The quantitative estimate of drug-likeness (QED) is 0.420. The van der Waals surface area contributed by atoms with Crippen molar-refractivity contribution in [1.82, 2.24) is 10.3 Å². The highest BCUT2D eigenvalue weighted by molar-refractivity contribution is 7.17. The average molecular weight is 460 g/mol. The highest BCUT2D eigenvalue weighted by atomic mass is 32.1. The number of fused-ring (bicyclic) bond motifs is 2. The maximum atomic E-state index is 13.1. The molecule has 7 heteroatoms. The Labute approximate surface area is 196 Å². The molecule has 0 atom stereocenters. The Morgan fingerprint density at radius 1 is 1.21 bits per heavy atom. The summed E-state index contributed by atoms with van der Waals surface area (Å²) in [6.45, 7) is 4.45. The van der Waals surface area contributed by atoms with Gasteiger partial charge < -0.3 is 15.1 Å². The standard InChI is InChI=1S/C26H25N3O3S/c1-15-9-16(2)23-18(14-32-20(23)10-15)11-22(30)29-26-24(19-6-3-7-21(19)33-26)25(31)28-13-17-5-4-8-27-12-17/h4-5,8-10,12,14H,3,6-7,11,13H2,1-2H3,(H,28,31)(H,29,30). The van der Waals surface area contributed by atoms with Crippen LogP contribution in [0.25, 0.3) is 11.0 Å². The van der Waals surface area contributed by atoms with Crippen LogP contribution >= 0.6 is 11.3 Å². The summed E-state index contributed by atoms with van der Waals surface area (Å²) in [5.74, 6) is -0.312. The number of carbonyl (C=O) groups is 2. The van der Waals surface area contributed by atoms with Crippen LogP contribution < -0.4 is 10.6 Å².